The maximum Gasteiger partial charge on any atom is 0.230 e. The smallest absolute Gasteiger partial charge is 0.230 e. The van der Waals surface area contributed by atoms with Gasteiger partial charge in [-0.25, -0.2) is 4.68 Å². The van der Waals surface area contributed by atoms with Crippen LogP contribution in [-0.2, 0) is 11.2 Å². The molecule has 0 aliphatic rings. The van der Waals surface area contributed by atoms with Gasteiger partial charge in [0.15, 0.2) is 5.82 Å². The van der Waals surface area contributed by atoms with Gasteiger partial charge in [0.05, 0.1) is 12.9 Å². The third kappa shape index (κ3) is 5.16. The zero-order chi connectivity index (χ0) is 17.5. The van der Waals surface area contributed by atoms with Crippen molar-refractivity contribution in [2.24, 2.45) is 5.92 Å². The molecule has 24 heavy (non-hydrogen) atoms. The first kappa shape index (κ1) is 18.1. The van der Waals surface area contributed by atoms with E-state index in [0.717, 1.165) is 11.3 Å². The first-order valence-electron chi connectivity index (χ1n) is 7.71. The monoisotopic (exact) mass is 349 g/mol. The van der Waals surface area contributed by atoms with Gasteiger partial charge in [-0.05, 0) is 23.6 Å². The van der Waals surface area contributed by atoms with Gasteiger partial charge < -0.3 is 15.9 Å². The number of nitrogens with zero attached hydrogens (tertiary/aromatic N) is 3. The Balaban J connectivity index is 1.91. The summed E-state index contributed by atoms with van der Waals surface area (Å²) in [4.78, 5) is 11.7. The van der Waals surface area contributed by atoms with Gasteiger partial charge in [-0.1, -0.05) is 37.7 Å². The van der Waals surface area contributed by atoms with E-state index in [4.69, 9.17) is 10.6 Å². The van der Waals surface area contributed by atoms with Gasteiger partial charge in [0, 0.05) is 13.0 Å². The number of carbonyl (C=O) groups excluding carboxylic acids is 1. The summed E-state index contributed by atoms with van der Waals surface area (Å²) in [5, 5.41) is 11.6. The Kier molecular flexibility index (Phi) is 6.48. The molecule has 1 heterocycles. The van der Waals surface area contributed by atoms with Crippen LogP contribution < -0.4 is 15.9 Å². The summed E-state index contributed by atoms with van der Waals surface area (Å²) in [5.41, 5.74) is 1.06. The van der Waals surface area contributed by atoms with Crippen LogP contribution >= 0.6 is 11.8 Å². The van der Waals surface area contributed by atoms with Crippen molar-refractivity contribution in [2.75, 3.05) is 25.3 Å². The van der Waals surface area contributed by atoms with Crippen LogP contribution in [-0.4, -0.2) is 40.2 Å². The van der Waals surface area contributed by atoms with E-state index >= 15 is 0 Å². The molecule has 0 aliphatic carbocycles. The van der Waals surface area contributed by atoms with E-state index in [9.17, 15) is 4.79 Å². The number of thioether (sulfide) groups is 1. The van der Waals surface area contributed by atoms with Crippen molar-refractivity contribution in [1.29, 1.82) is 0 Å². The van der Waals surface area contributed by atoms with Crippen LogP contribution in [0.15, 0.2) is 29.4 Å². The molecule has 8 heteroatoms. The molecule has 0 saturated heterocycles. The lowest BCUT2D eigenvalue weighted by Gasteiger charge is -2.07. The second-order valence-corrected chi connectivity index (χ2v) is 6.72. The molecule has 1 amide bonds. The van der Waals surface area contributed by atoms with E-state index in [2.05, 4.69) is 29.4 Å². The van der Waals surface area contributed by atoms with Gasteiger partial charge in [-0.3, -0.25) is 4.79 Å². The molecule has 2 aromatic rings. The molecule has 0 fully saturated rings. The fraction of sp³-hybridized carbons (Fsp3) is 0.438. The maximum atomic E-state index is 11.7. The minimum Gasteiger partial charge on any atom is -0.497 e. The molecule has 130 valence electrons. The number of hydrogen-bond acceptors (Lipinski definition) is 6. The highest BCUT2D eigenvalue weighted by atomic mass is 32.2. The SMILES string of the molecule is COc1ccc(Cc2nnc(SCC(=O)NCC(C)C)n2N)cc1. The number of nitrogens with two attached hydrogens (primary N) is 1. The highest BCUT2D eigenvalue weighted by molar-refractivity contribution is 7.99. The van der Waals surface area contributed by atoms with Crippen LogP contribution in [0.25, 0.3) is 0 Å². The van der Waals surface area contributed by atoms with Gasteiger partial charge in [0.25, 0.3) is 0 Å². The zero-order valence-corrected chi connectivity index (χ0v) is 15.0. The standard InChI is InChI=1S/C16H23N5O2S/c1-11(2)9-18-15(22)10-24-16-20-19-14(21(16)17)8-12-4-6-13(23-3)7-5-12/h4-7,11H,8-10,17H2,1-3H3,(H,18,22). The summed E-state index contributed by atoms with van der Waals surface area (Å²) in [6, 6.07) is 7.70. The molecule has 0 bridgehead atoms. The summed E-state index contributed by atoms with van der Waals surface area (Å²) in [7, 11) is 1.63. The summed E-state index contributed by atoms with van der Waals surface area (Å²) in [6.45, 7) is 4.77. The number of nitrogens with one attached hydrogen (secondary N) is 1. The van der Waals surface area contributed by atoms with Crippen LogP contribution in [0.1, 0.15) is 25.2 Å². The molecule has 3 N–H and O–H groups in total. The number of ether oxygens (including phenoxy) is 1. The van der Waals surface area contributed by atoms with Crippen LogP contribution in [0.5, 0.6) is 5.75 Å². The Hall–Kier alpha value is -2.22. The van der Waals surface area contributed by atoms with E-state index in [0.29, 0.717) is 29.9 Å². The van der Waals surface area contributed by atoms with Gasteiger partial charge in [-0.2, -0.15) is 0 Å². The maximum absolute atomic E-state index is 11.7. The summed E-state index contributed by atoms with van der Waals surface area (Å²) >= 11 is 1.28. The van der Waals surface area contributed by atoms with E-state index in [1.165, 1.54) is 16.4 Å². The molecular formula is C16H23N5O2S. The Labute approximate surface area is 145 Å². The molecule has 0 saturated carbocycles. The summed E-state index contributed by atoms with van der Waals surface area (Å²) in [5.74, 6) is 8.14. The highest BCUT2D eigenvalue weighted by Gasteiger charge is 2.13. The Morgan fingerprint density at radius 2 is 2.04 bits per heavy atom. The molecule has 7 nitrogen and oxygen atoms in total. The van der Waals surface area contributed by atoms with Crippen molar-refractivity contribution in [3.8, 4) is 5.75 Å². The van der Waals surface area contributed by atoms with Crippen molar-refractivity contribution >= 4 is 17.7 Å². The van der Waals surface area contributed by atoms with Gasteiger partial charge in [0.2, 0.25) is 11.1 Å². The minimum absolute atomic E-state index is 0.0339. The van der Waals surface area contributed by atoms with Crippen molar-refractivity contribution < 1.29 is 9.53 Å². The highest BCUT2D eigenvalue weighted by Crippen LogP contribution is 2.17. The molecule has 0 aliphatic heterocycles. The Morgan fingerprint density at radius 1 is 1.33 bits per heavy atom. The van der Waals surface area contributed by atoms with E-state index in [1.54, 1.807) is 7.11 Å². The van der Waals surface area contributed by atoms with E-state index < -0.39 is 0 Å². The van der Waals surface area contributed by atoms with Gasteiger partial charge in [0.1, 0.15) is 5.75 Å². The molecule has 2 rings (SSSR count). The number of methoxy groups -OCH3 is 1. The summed E-state index contributed by atoms with van der Waals surface area (Å²) in [6.07, 6.45) is 0.563. The van der Waals surface area contributed by atoms with Crippen molar-refractivity contribution in [3.63, 3.8) is 0 Å². The summed E-state index contributed by atoms with van der Waals surface area (Å²) < 4.78 is 6.57. The Bertz CT molecular complexity index is 670. The third-order valence-electron chi connectivity index (χ3n) is 3.30. The third-order valence-corrected chi connectivity index (χ3v) is 4.24. The van der Waals surface area contributed by atoms with Crippen LogP contribution in [0, 0.1) is 5.92 Å². The van der Waals surface area contributed by atoms with Crippen molar-refractivity contribution in [3.05, 3.63) is 35.7 Å². The molecular weight excluding hydrogens is 326 g/mol. The lowest BCUT2D eigenvalue weighted by molar-refractivity contribution is -0.118. The quantitative estimate of drug-likeness (QED) is 0.553. The number of benzene rings is 1. The number of aromatic nitrogens is 3. The number of carbonyl (C=O) groups is 1. The fourth-order valence-corrected chi connectivity index (χ4v) is 2.66. The van der Waals surface area contributed by atoms with E-state index in [-0.39, 0.29) is 11.7 Å². The molecule has 1 aromatic carbocycles. The normalized spacial score (nSPS) is 10.8. The number of nitrogen functional groups attached to an aromatic ring is 1. The largest absolute Gasteiger partial charge is 0.497 e. The molecule has 0 unspecified atom stereocenters. The topological polar surface area (TPSA) is 95.1 Å². The second-order valence-electron chi connectivity index (χ2n) is 5.78. The number of rotatable bonds is 8. The first-order chi connectivity index (χ1) is 11.5. The average molecular weight is 349 g/mol. The fourth-order valence-electron chi connectivity index (χ4n) is 1.95. The van der Waals surface area contributed by atoms with Gasteiger partial charge >= 0.3 is 0 Å². The van der Waals surface area contributed by atoms with Gasteiger partial charge in [-0.15, -0.1) is 10.2 Å². The Morgan fingerprint density at radius 3 is 2.67 bits per heavy atom. The number of hydrogen-bond donors (Lipinski definition) is 2. The van der Waals surface area contributed by atoms with Crippen molar-refractivity contribution in [1.82, 2.24) is 20.2 Å². The van der Waals surface area contributed by atoms with Crippen LogP contribution in [0.4, 0.5) is 0 Å². The van der Waals surface area contributed by atoms with Crippen LogP contribution in [0.3, 0.4) is 0 Å². The minimum atomic E-state index is -0.0339. The molecule has 0 radical (unpaired) electrons. The van der Waals surface area contributed by atoms with Crippen LogP contribution in [0.2, 0.25) is 0 Å². The average Bonchev–Trinajstić information content (AvgIpc) is 2.92. The lowest BCUT2D eigenvalue weighted by Crippen LogP contribution is -2.29. The molecule has 1 aromatic heterocycles. The molecule has 0 spiro atoms. The second kappa shape index (κ2) is 8.58. The predicted molar refractivity (Wildman–Crippen MR) is 94.5 cm³/mol. The van der Waals surface area contributed by atoms with E-state index in [1.807, 2.05) is 24.3 Å². The first-order valence-corrected chi connectivity index (χ1v) is 8.70. The predicted octanol–water partition coefficient (Wildman–Crippen LogP) is 1.46. The number of amides is 1. The molecule has 0 atom stereocenters. The lowest BCUT2D eigenvalue weighted by atomic mass is 10.1. The zero-order valence-electron chi connectivity index (χ0n) is 14.2. The van der Waals surface area contributed by atoms with Crippen molar-refractivity contribution in [2.45, 2.75) is 25.4 Å².